The molecule has 1 fully saturated rings. The highest BCUT2D eigenvalue weighted by atomic mass is 35.5. The molecule has 0 bridgehead atoms. The number of aryl methyl sites for hydroxylation is 1. The Balaban J connectivity index is 0.00000225. The number of ether oxygens (including phenoxy) is 2. The molecule has 25 heavy (non-hydrogen) atoms. The van der Waals surface area contributed by atoms with Crippen LogP contribution in [0.4, 0.5) is 5.69 Å². The second-order valence-corrected chi connectivity index (χ2v) is 6.46. The molecule has 0 aromatic heterocycles. The van der Waals surface area contributed by atoms with E-state index in [2.05, 4.69) is 42.2 Å². The molecule has 0 aliphatic carbocycles. The standard InChI is InChI=1S/C20H26N2O2.ClH/c1-14-5-4-6-15(11-14)17-13-22(10-9-18(17)21)16-7-8-19(23-2)20(12-16)24-3;/h4-8,11-12,17-18H,9-10,13,21H2,1-3H3;1H/t17-,18+;/m1./s1. The summed E-state index contributed by atoms with van der Waals surface area (Å²) in [6, 6.07) is 15.0. The van der Waals surface area contributed by atoms with Gasteiger partial charge in [-0.3, -0.25) is 0 Å². The van der Waals surface area contributed by atoms with Crippen molar-refractivity contribution in [3.05, 3.63) is 53.6 Å². The van der Waals surface area contributed by atoms with Crippen LogP contribution in [-0.4, -0.2) is 33.4 Å². The number of methoxy groups -OCH3 is 2. The van der Waals surface area contributed by atoms with Crippen LogP contribution in [0.5, 0.6) is 11.5 Å². The third-order valence-electron chi connectivity index (χ3n) is 4.87. The van der Waals surface area contributed by atoms with Crippen LogP contribution in [-0.2, 0) is 0 Å². The third-order valence-corrected chi connectivity index (χ3v) is 4.87. The van der Waals surface area contributed by atoms with Crippen LogP contribution in [0.15, 0.2) is 42.5 Å². The van der Waals surface area contributed by atoms with Crippen molar-refractivity contribution in [1.82, 2.24) is 0 Å². The molecule has 1 aliphatic rings. The number of piperidine rings is 1. The predicted molar refractivity (Wildman–Crippen MR) is 106 cm³/mol. The SMILES string of the molecule is COc1ccc(N2CC[C@H](N)[C@@H](c3cccc(C)c3)C2)cc1OC.Cl. The van der Waals surface area contributed by atoms with Crippen LogP contribution in [0.3, 0.4) is 0 Å². The van der Waals surface area contributed by atoms with E-state index in [1.807, 2.05) is 12.1 Å². The van der Waals surface area contributed by atoms with Gasteiger partial charge in [-0.05, 0) is 31.0 Å². The molecular formula is C20H27ClN2O2. The highest BCUT2D eigenvalue weighted by molar-refractivity contribution is 5.85. The minimum absolute atomic E-state index is 0. The average Bonchev–Trinajstić information content (AvgIpc) is 2.61. The van der Waals surface area contributed by atoms with Crippen LogP contribution >= 0.6 is 12.4 Å². The Bertz CT molecular complexity index is 708. The monoisotopic (exact) mass is 362 g/mol. The summed E-state index contributed by atoms with van der Waals surface area (Å²) in [5, 5.41) is 0. The first kappa shape index (κ1) is 19.4. The fraction of sp³-hybridized carbons (Fsp3) is 0.400. The Morgan fingerprint density at radius 1 is 1.04 bits per heavy atom. The summed E-state index contributed by atoms with van der Waals surface area (Å²) in [5.41, 5.74) is 10.2. The van der Waals surface area contributed by atoms with Crippen molar-refractivity contribution in [3.63, 3.8) is 0 Å². The van der Waals surface area contributed by atoms with Crippen molar-refractivity contribution in [2.24, 2.45) is 5.73 Å². The van der Waals surface area contributed by atoms with Crippen molar-refractivity contribution in [1.29, 1.82) is 0 Å². The van der Waals surface area contributed by atoms with E-state index in [-0.39, 0.29) is 18.4 Å². The molecule has 2 atom stereocenters. The summed E-state index contributed by atoms with van der Waals surface area (Å²) < 4.78 is 10.8. The lowest BCUT2D eigenvalue weighted by Gasteiger charge is -2.38. The zero-order valence-corrected chi connectivity index (χ0v) is 15.9. The Morgan fingerprint density at radius 2 is 1.80 bits per heavy atom. The van der Waals surface area contributed by atoms with E-state index >= 15 is 0 Å². The van der Waals surface area contributed by atoms with Gasteiger partial charge in [-0.15, -0.1) is 12.4 Å². The van der Waals surface area contributed by atoms with Crippen LogP contribution in [0.2, 0.25) is 0 Å². The minimum Gasteiger partial charge on any atom is -0.493 e. The van der Waals surface area contributed by atoms with Gasteiger partial charge in [0.15, 0.2) is 11.5 Å². The molecule has 2 aromatic carbocycles. The zero-order chi connectivity index (χ0) is 17.1. The summed E-state index contributed by atoms with van der Waals surface area (Å²) in [5.74, 6) is 1.86. The van der Waals surface area contributed by atoms with Crippen molar-refractivity contribution >= 4 is 18.1 Å². The molecule has 136 valence electrons. The van der Waals surface area contributed by atoms with Gasteiger partial charge in [0.05, 0.1) is 14.2 Å². The second kappa shape index (κ2) is 8.45. The first-order valence-electron chi connectivity index (χ1n) is 8.41. The van der Waals surface area contributed by atoms with E-state index in [1.54, 1.807) is 14.2 Å². The molecule has 3 rings (SSSR count). The number of halogens is 1. The third kappa shape index (κ3) is 4.20. The summed E-state index contributed by atoms with van der Waals surface area (Å²) in [6.45, 7) is 4.00. The van der Waals surface area contributed by atoms with Crippen molar-refractivity contribution < 1.29 is 9.47 Å². The highest BCUT2D eigenvalue weighted by Gasteiger charge is 2.28. The molecule has 0 saturated carbocycles. The minimum atomic E-state index is 0. The molecule has 0 unspecified atom stereocenters. The number of nitrogens with two attached hydrogens (primary N) is 1. The van der Waals surface area contributed by atoms with Gasteiger partial charge in [0.2, 0.25) is 0 Å². The molecule has 0 amide bonds. The van der Waals surface area contributed by atoms with Gasteiger partial charge in [-0.25, -0.2) is 0 Å². The molecule has 4 nitrogen and oxygen atoms in total. The van der Waals surface area contributed by atoms with E-state index in [4.69, 9.17) is 15.2 Å². The maximum atomic E-state index is 6.43. The largest absolute Gasteiger partial charge is 0.493 e. The number of nitrogens with zero attached hydrogens (tertiary/aromatic N) is 1. The molecule has 2 aromatic rings. The molecule has 5 heteroatoms. The fourth-order valence-electron chi connectivity index (χ4n) is 3.48. The lowest BCUT2D eigenvalue weighted by atomic mass is 9.85. The first-order chi connectivity index (χ1) is 11.6. The first-order valence-corrected chi connectivity index (χ1v) is 8.41. The van der Waals surface area contributed by atoms with E-state index in [9.17, 15) is 0 Å². The van der Waals surface area contributed by atoms with Crippen molar-refractivity contribution in [2.75, 3.05) is 32.2 Å². The molecule has 1 aliphatic heterocycles. The summed E-state index contributed by atoms with van der Waals surface area (Å²) in [7, 11) is 3.33. The average molecular weight is 363 g/mol. The van der Waals surface area contributed by atoms with Crippen LogP contribution in [0, 0.1) is 6.92 Å². The highest BCUT2D eigenvalue weighted by Crippen LogP contribution is 2.35. The smallest absolute Gasteiger partial charge is 0.162 e. The van der Waals surface area contributed by atoms with E-state index in [0.29, 0.717) is 5.92 Å². The maximum absolute atomic E-state index is 6.43. The van der Waals surface area contributed by atoms with E-state index in [1.165, 1.54) is 11.1 Å². The second-order valence-electron chi connectivity index (χ2n) is 6.46. The molecule has 0 spiro atoms. The number of anilines is 1. The molecule has 1 saturated heterocycles. The van der Waals surface area contributed by atoms with Crippen LogP contribution in [0.1, 0.15) is 23.5 Å². The van der Waals surface area contributed by atoms with E-state index < -0.39 is 0 Å². The van der Waals surface area contributed by atoms with Crippen molar-refractivity contribution in [2.45, 2.75) is 25.3 Å². The maximum Gasteiger partial charge on any atom is 0.162 e. The van der Waals surface area contributed by atoms with Gasteiger partial charge in [0.1, 0.15) is 0 Å². The Morgan fingerprint density at radius 3 is 2.48 bits per heavy atom. The Kier molecular flexibility index (Phi) is 6.57. The molecule has 1 heterocycles. The number of hydrogen-bond donors (Lipinski definition) is 1. The quantitative estimate of drug-likeness (QED) is 0.899. The molecule has 2 N–H and O–H groups in total. The molecule has 0 radical (unpaired) electrons. The van der Waals surface area contributed by atoms with Gasteiger partial charge in [0, 0.05) is 36.8 Å². The fourth-order valence-corrected chi connectivity index (χ4v) is 3.48. The Hall–Kier alpha value is -1.91. The van der Waals surface area contributed by atoms with Gasteiger partial charge in [0.25, 0.3) is 0 Å². The van der Waals surface area contributed by atoms with Crippen LogP contribution in [0.25, 0.3) is 0 Å². The van der Waals surface area contributed by atoms with Gasteiger partial charge >= 0.3 is 0 Å². The zero-order valence-electron chi connectivity index (χ0n) is 15.1. The number of benzene rings is 2. The van der Waals surface area contributed by atoms with Gasteiger partial charge in [-0.1, -0.05) is 29.8 Å². The van der Waals surface area contributed by atoms with E-state index in [0.717, 1.165) is 36.7 Å². The van der Waals surface area contributed by atoms with Gasteiger partial charge in [-0.2, -0.15) is 0 Å². The van der Waals surface area contributed by atoms with Crippen molar-refractivity contribution in [3.8, 4) is 11.5 Å². The lowest BCUT2D eigenvalue weighted by molar-refractivity contribution is 0.354. The topological polar surface area (TPSA) is 47.7 Å². The summed E-state index contributed by atoms with van der Waals surface area (Å²) in [6.07, 6.45) is 0.979. The number of hydrogen-bond acceptors (Lipinski definition) is 4. The Labute approximate surface area is 156 Å². The number of rotatable bonds is 4. The van der Waals surface area contributed by atoms with Crippen LogP contribution < -0.4 is 20.1 Å². The summed E-state index contributed by atoms with van der Waals surface area (Å²) in [4.78, 5) is 2.39. The molecular weight excluding hydrogens is 336 g/mol. The van der Waals surface area contributed by atoms with Gasteiger partial charge < -0.3 is 20.1 Å². The predicted octanol–water partition coefficient (Wildman–Crippen LogP) is 3.76. The normalized spacial score (nSPS) is 19.9. The summed E-state index contributed by atoms with van der Waals surface area (Å²) >= 11 is 0. The lowest BCUT2D eigenvalue weighted by Crippen LogP contribution is -2.45.